The van der Waals surface area contributed by atoms with Gasteiger partial charge in [-0.2, -0.15) is 0 Å². The van der Waals surface area contributed by atoms with Crippen LogP contribution in [0.1, 0.15) is 36.5 Å². The summed E-state index contributed by atoms with van der Waals surface area (Å²) < 4.78 is 5.83. The van der Waals surface area contributed by atoms with Crippen molar-refractivity contribution < 1.29 is 4.74 Å². The summed E-state index contributed by atoms with van der Waals surface area (Å²) in [6.45, 7) is 5.63. The molecule has 3 rings (SSSR count). The van der Waals surface area contributed by atoms with Crippen LogP contribution in [-0.2, 0) is 17.6 Å². The van der Waals surface area contributed by atoms with Crippen molar-refractivity contribution in [2.75, 3.05) is 38.6 Å². The summed E-state index contributed by atoms with van der Waals surface area (Å²) in [6, 6.07) is 0. The van der Waals surface area contributed by atoms with Crippen molar-refractivity contribution in [3.63, 3.8) is 0 Å². The van der Waals surface area contributed by atoms with Crippen LogP contribution in [0.15, 0.2) is 0 Å². The Hall–Kier alpha value is -1.20. The van der Waals surface area contributed by atoms with Crippen LogP contribution in [0.2, 0.25) is 0 Å². The van der Waals surface area contributed by atoms with Crippen molar-refractivity contribution in [3.05, 3.63) is 17.1 Å². The van der Waals surface area contributed by atoms with E-state index in [1.807, 2.05) is 0 Å². The number of nitrogens with one attached hydrogen (secondary N) is 1. The number of aromatic nitrogens is 2. The molecule has 0 bridgehead atoms. The van der Waals surface area contributed by atoms with Crippen LogP contribution >= 0.6 is 0 Å². The Balaban J connectivity index is 1.91. The van der Waals surface area contributed by atoms with Gasteiger partial charge >= 0.3 is 0 Å². The molecule has 1 N–H and O–H groups in total. The molecule has 104 valence electrons. The van der Waals surface area contributed by atoms with Gasteiger partial charge in [0.2, 0.25) is 0 Å². The third-order valence-electron chi connectivity index (χ3n) is 3.85. The average molecular weight is 262 g/mol. The molecule has 1 aromatic rings. The number of ether oxygens (including phenoxy) is 1. The molecule has 2 aliphatic rings. The van der Waals surface area contributed by atoms with Gasteiger partial charge in [-0.15, -0.1) is 0 Å². The summed E-state index contributed by atoms with van der Waals surface area (Å²) in [5, 5.41) is 3.38. The predicted octanol–water partition coefficient (Wildman–Crippen LogP) is 1.40. The SMILES string of the molecule is CCNc1nc(C2CN(C)CCO2)nc2c1CCC2. The van der Waals surface area contributed by atoms with Crippen molar-refractivity contribution in [1.29, 1.82) is 0 Å². The maximum Gasteiger partial charge on any atom is 0.161 e. The zero-order valence-electron chi connectivity index (χ0n) is 11.8. The first-order chi connectivity index (χ1) is 9.28. The Labute approximate surface area is 114 Å². The summed E-state index contributed by atoms with van der Waals surface area (Å²) in [5.41, 5.74) is 2.53. The topological polar surface area (TPSA) is 50.3 Å². The number of rotatable bonds is 3. The summed E-state index contributed by atoms with van der Waals surface area (Å²) >= 11 is 0. The van der Waals surface area contributed by atoms with Crippen molar-refractivity contribution in [3.8, 4) is 0 Å². The summed E-state index contributed by atoms with van der Waals surface area (Å²) in [5.74, 6) is 1.87. The molecule has 0 amide bonds. The van der Waals surface area contributed by atoms with Gasteiger partial charge in [0, 0.05) is 30.9 Å². The molecule has 1 saturated heterocycles. The fourth-order valence-electron chi connectivity index (χ4n) is 2.84. The second-order valence-electron chi connectivity index (χ2n) is 5.36. The highest BCUT2D eigenvalue weighted by Gasteiger charge is 2.26. The number of anilines is 1. The second-order valence-corrected chi connectivity index (χ2v) is 5.36. The van der Waals surface area contributed by atoms with Gasteiger partial charge in [0.05, 0.1) is 6.61 Å². The quantitative estimate of drug-likeness (QED) is 0.892. The molecule has 1 aliphatic heterocycles. The van der Waals surface area contributed by atoms with Crippen LogP contribution in [-0.4, -0.2) is 48.2 Å². The molecule has 2 heterocycles. The molecule has 19 heavy (non-hydrogen) atoms. The highest BCUT2D eigenvalue weighted by atomic mass is 16.5. The Bertz CT molecular complexity index is 463. The molecule has 5 nitrogen and oxygen atoms in total. The van der Waals surface area contributed by atoms with E-state index in [4.69, 9.17) is 14.7 Å². The summed E-state index contributed by atoms with van der Waals surface area (Å²) in [7, 11) is 2.12. The molecule has 0 aromatic carbocycles. The van der Waals surface area contributed by atoms with E-state index in [1.165, 1.54) is 17.7 Å². The van der Waals surface area contributed by atoms with Gasteiger partial charge in [0.15, 0.2) is 5.82 Å². The third-order valence-corrected chi connectivity index (χ3v) is 3.85. The molecule has 1 atom stereocenters. The normalized spacial score (nSPS) is 23.4. The molecule has 5 heteroatoms. The molecule has 1 aliphatic carbocycles. The minimum absolute atomic E-state index is 0.0158. The van der Waals surface area contributed by atoms with Gasteiger partial charge in [-0.3, -0.25) is 0 Å². The summed E-state index contributed by atoms with van der Waals surface area (Å²) in [4.78, 5) is 11.7. The van der Waals surface area contributed by atoms with Gasteiger partial charge in [-0.25, -0.2) is 9.97 Å². The zero-order chi connectivity index (χ0) is 13.2. The first-order valence-corrected chi connectivity index (χ1v) is 7.21. The van der Waals surface area contributed by atoms with E-state index < -0.39 is 0 Å². The Morgan fingerprint density at radius 2 is 2.26 bits per heavy atom. The number of nitrogens with zero attached hydrogens (tertiary/aromatic N) is 3. The minimum atomic E-state index is 0.0158. The Morgan fingerprint density at radius 1 is 1.37 bits per heavy atom. The molecule has 0 radical (unpaired) electrons. The van der Waals surface area contributed by atoms with Crippen molar-refractivity contribution in [2.24, 2.45) is 0 Å². The number of morpholine rings is 1. The van der Waals surface area contributed by atoms with Crippen molar-refractivity contribution >= 4 is 5.82 Å². The second kappa shape index (κ2) is 5.43. The van der Waals surface area contributed by atoms with Gasteiger partial charge in [-0.05, 0) is 33.2 Å². The molecular formula is C14H22N4O. The van der Waals surface area contributed by atoms with E-state index >= 15 is 0 Å². The van der Waals surface area contributed by atoms with Crippen LogP contribution in [0, 0.1) is 0 Å². The third kappa shape index (κ3) is 2.58. The van der Waals surface area contributed by atoms with Crippen molar-refractivity contribution in [2.45, 2.75) is 32.3 Å². The predicted molar refractivity (Wildman–Crippen MR) is 74.4 cm³/mol. The van der Waals surface area contributed by atoms with Crippen LogP contribution in [0.5, 0.6) is 0 Å². The maximum absolute atomic E-state index is 5.83. The molecule has 0 saturated carbocycles. The lowest BCUT2D eigenvalue weighted by molar-refractivity contribution is -0.0255. The fraction of sp³-hybridized carbons (Fsp3) is 0.714. The number of aryl methyl sites for hydroxylation is 1. The minimum Gasteiger partial charge on any atom is -0.370 e. The van der Waals surface area contributed by atoms with Gasteiger partial charge in [0.25, 0.3) is 0 Å². The van der Waals surface area contributed by atoms with Gasteiger partial charge < -0.3 is 15.0 Å². The molecule has 1 unspecified atom stereocenters. The molecule has 1 fully saturated rings. The van der Waals surface area contributed by atoms with Gasteiger partial charge in [0.1, 0.15) is 11.9 Å². The fourth-order valence-corrected chi connectivity index (χ4v) is 2.84. The lowest BCUT2D eigenvalue weighted by atomic mass is 10.2. The van der Waals surface area contributed by atoms with Crippen LogP contribution in [0.4, 0.5) is 5.82 Å². The standard InChI is InChI=1S/C14H22N4O/c1-3-15-13-10-5-4-6-11(10)16-14(17-13)12-9-18(2)7-8-19-12/h12H,3-9H2,1-2H3,(H,15,16,17). The lowest BCUT2D eigenvalue weighted by Gasteiger charge is -2.29. The van der Waals surface area contributed by atoms with Crippen molar-refractivity contribution in [1.82, 2.24) is 14.9 Å². The lowest BCUT2D eigenvalue weighted by Crippen LogP contribution is -2.36. The van der Waals surface area contributed by atoms with E-state index in [1.54, 1.807) is 0 Å². The first-order valence-electron chi connectivity index (χ1n) is 7.21. The highest BCUT2D eigenvalue weighted by Crippen LogP contribution is 2.29. The van der Waals surface area contributed by atoms with Crippen LogP contribution in [0.25, 0.3) is 0 Å². The zero-order valence-corrected chi connectivity index (χ0v) is 11.8. The van der Waals surface area contributed by atoms with Gasteiger partial charge in [-0.1, -0.05) is 0 Å². The van der Waals surface area contributed by atoms with E-state index in [0.717, 1.165) is 50.7 Å². The smallest absolute Gasteiger partial charge is 0.161 e. The Kier molecular flexibility index (Phi) is 3.66. The van der Waals surface area contributed by atoms with E-state index in [2.05, 4.69) is 24.2 Å². The van der Waals surface area contributed by atoms with E-state index in [-0.39, 0.29) is 6.10 Å². The number of likely N-dealkylation sites (N-methyl/N-ethyl adjacent to an activating group) is 1. The van der Waals surface area contributed by atoms with E-state index in [9.17, 15) is 0 Å². The van der Waals surface area contributed by atoms with E-state index in [0.29, 0.717) is 0 Å². The maximum atomic E-state index is 5.83. The molecule has 0 spiro atoms. The summed E-state index contributed by atoms with van der Waals surface area (Å²) in [6.07, 6.45) is 3.38. The Morgan fingerprint density at radius 3 is 3.05 bits per heavy atom. The highest BCUT2D eigenvalue weighted by molar-refractivity contribution is 5.48. The van der Waals surface area contributed by atoms with Crippen LogP contribution < -0.4 is 5.32 Å². The average Bonchev–Trinajstić information content (AvgIpc) is 2.87. The molecular weight excluding hydrogens is 240 g/mol. The first kappa shape index (κ1) is 12.8. The van der Waals surface area contributed by atoms with Crippen LogP contribution in [0.3, 0.4) is 0 Å². The monoisotopic (exact) mass is 262 g/mol. The number of hydrogen-bond donors (Lipinski definition) is 1. The molecule has 1 aromatic heterocycles. The number of fused-ring (bicyclic) bond motifs is 1. The largest absolute Gasteiger partial charge is 0.370 e. The number of hydrogen-bond acceptors (Lipinski definition) is 5.